The Labute approximate surface area is 224 Å². The Morgan fingerprint density at radius 2 is 1.89 bits per heavy atom. The molecular formula is C28H42N2O8. The largest absolute Gasteiger partial charge is 0.493 e. The van der Waals surface area contributed by atoms with Crippen LogP contribution < -0.4 is 14.8 Å². The first-order valence-corrected chi connectivity index (χ1v) is 13.5. The number of benzene rings is 1. The molecule has 3 rings (SSSR count). The predicted octanol–water partition coefficient (Wildman–Crippen LogP) is 1.65. The molecule has 0 fully saturated rings. The zero-order valence-corrected chi connectivity index (χ0v) is 22.6. The molecule has 10 heteroatoms. The molecule has 1 aliphatic carbocycles. The molecule has 38 heavy (non-hydrogen) atoms. The van der Waals surface area contributed by atoms with Crippen LogP contribution in [0.5, 0.6) is 11.5 Å². The normalized spacial score (nSPS) is 21.7. The zero-order chi connectivity index (χ0) is 27.7. The van der Waals surface area contributed by atoms with E-state index in [0.717, 1.165) is 32.1 Å². The van der Waals surface area contributed by atoms with Crippen molar-refractivity contribution in [2.24, 2.45) is 0 Å². The first-order valence-electron chi connectivity index (χ1n) is 13.5. The number of ether oxygens (including phenoxy) is 3. The summed E-state index contributed by atoms with van der Waals surface area (Å²) in [5, 5.41) is 33.3. The van der Waals surface area contributed by atoms with Crippen LogP contribution in [0.2, 0.25) is 0 Å². The van der Waals surface area contributed by atoms with E-state index < -0.39 is 30.1 Å². The van der Waals surface area contributed by atoms with Crippen molar-refractivity contribution >= 4 is 11.8 Å². The Bertz CT molecular complexity index is 982. The van der Waals surface area contributed by atoms with Crippen molar-refractivity contribution in [2.75, 3.05) is 40.5 Å². The van der Waals surface area contributed by atoms with Crippen LogP contribution in [0, 0.1) is 0 Å². The number of nitrogens with one attached hydrogen (secondary N) is 1. The minimum atomic E-state index is -1.13. The second kappa shape index (κ2) is 14.5. The maximum atomic E-state index is 13.4. The standard InChI is InChI=1S/C28H42N2O8/c1-4-5-6-7-8-9-23(33)30(11-13-36-2)21-16-20(28(35)29-10-12-31)24-19-14-18(17-32)15-22(37-3)26(19)38-27(24)25(21)34/h14-16,21,24-25,27,31-32,34H,4-13,17H2,1-3H3,(H,29,35). The minimum absolute atomic E-state index is 0.0541. The smallest absolute Gasteiger partial charge is 0.247 e. The average Bonchev–Trinajstić information content (AvgIpc) is 3.32. The van der Waals surface area contributed by atoms with Gasteiger partial charge in [0.2, 0.25) is 11.8 Å². The lowest BCUT2D eigenvalue weighted by atomic mass is 9.77. The van der Waals surface area contributed by atoms with Crippen molar-refractivity contribution < 1.29 is 39.1 Å². The van der Waals surface area contributed by atoms with Crippen LogP contribution in [0.25, 0.3) is 0 Å². The summed E-state index contributed by atoms with van der Waals surface area (Å²) in [6.45, 7) is 2.24. The molecule has 2 aliphatic rings. The molecule has 0 saturated carbocycles. The number of hydrogen-bond acceptors (Lipinski definition) is 8. The molecule has 4 atom stereocenters. The number of rotatable bonds is 15. The van der Waals surface area contributed by atoms with Gasteiger partial charge in [-0.1, -0.05) is 32.6 Å². The van der Waals surface area contributed by atoms with Gasteiger partial charge in [0.1, 0.15) is 12.2 Å². The first kappa shape index (κ1) is 29.9. The maximum Gasteiger partial charge on any atom is 0.247 e. The van der Waals surface area contributed by atoms with Gasteiger partial charge in [-0.25, -0.2) is 0 Å². The van der Waals surface area contributed by atoms with Gasteiger partial charge in [-0.05, 0) is 30.2 Å². The number of fused-ring (bicyclic) bond motifs is 3. The number of methoxy groups -OCH3 is 2. The molecule has 1 aromatic carbocycles. The molecule has 212 valence electrons. The van der Waals surface area contributed by atoms with E-state index in [1.807, 2.05) is 0 Å². The molecule has 1 heterocycles. The van der Waals surface area contributed by atoms with E-state index in [1.165, 1.54) is 7.11 Å². The molecule has 1 aromatic rings. The molecule has 0 bridgehead atoms. The fraction of sp³-hybridized carbons (Fsp3) is 0.643. The summed E-state index contributed by atoms with van der Waals surface area (Å²) in [6.07, 6.45) is 4.98. The van der Waals surface area contributed by atoms with Gasteiger partial charge in [0.05, 0.1) is 38.9 Å². The summed E-state index contributed by atoms with van der Waals surface area (Å²) >= 11 is 0. The number of carbonyl (C=O) groups excluding carboxylic acids is 2. The first-order chi connectivity index (χ1) is 18.4. The number of carbonyl (C=O) groups is 2. The van der Waals surface area contributed by atoms with E-state index in [1.54, 1.807) is 30.2 Å². The lowest BCUT2D eigenvalue weighted by Gasteiger charge is -2.40. The topological polar surface area (TPSA) is 138 Å². The Hall–Kier alpha value is -2.66. The van der Waals surface area contributed by atoms with E-state index in [4.69, 9.17) is 14.2 Å². The van der Waals surface area contributed by atoms with E-state index in [2.05, 4.69) is 12.2 Å². The third kappa shape index (κ3) is 6.66. The highest BCUT2D eigenvalue weighted by Gasteiger charge is 2.51. The summed E-state index contributed by atoms with van der Waals surface area (Å²) in [5.74, 6) is -0.411. The van der Waals surface area contributed by atoms with Gasteiger partial charge in [0.25, 0.3) is 0 Å². The van der Waals surface area contributed by atoms with Gasteiger partial charge in [-0.2, -0.15) is 0 Å². The van der Waals surface area contributed by atoms with Crippen molar-refractivity contribution in [2.45, 2.75) is 76.2 Å². The number of aliphatic hydroxyl groups is 3. The quantitative estimate of drug-likeness (QED) is 0.249. The molecule has 1 aliphatic heterocycles. The maximum absolute atomic E-state index is 13.4. The summed E-state index contributed by atoms with van der Waals surface area (Å²) in [4.78, 5) is 28.3. The Kier molecular flexibility index (Phi) is 11.4. The van der Waals surface area contributed by atoms with Crippen molar-refractivity contribution in [1.82, 2.24) is 10.2 Å². The summed E-state index contributed by atoms with van der Waals surface area (Å²) in [6, 6.07) is 2.58. The predicted molar refractivity (Wildman–Crippen MR) is 141 cm³/mol. The summed E-state index contributed by atoms with van der Waals surface area (Å²) < 4.78 is 17.0. The minimum Gasteiger partial charge on any atom is -0.493 e. The molecule has 0 aromatic heterocycles. The van der Waals surface area contributed by atoms with Crippen LogP contribution in [-0.4, -0.2) is 90.8 Å². The Balaban J connectivity index is 1.99. The van der Waals surface area contributed by atoms with Crippen LogP contribution >= 0.6 is 0 Å². The van der Waals surface area contributed by atoms with Gasteiger partial charge in [0.15, 0.2) is 11.5 Å². The van der Waals surface area contributed by atoms with Gasteiger partial charge in [0, 0.05) is 37.8 Å². The lowest BCUT2D eigenvalue weighted by molar-refractivity contribution is -0.138. The number of hydrogen-bond donors (Lipinski definition) is 4. The number of aliphatic hydroxyl groups excluding tert-OH is 3. The van der Waals surface area contributed by atoms with Crippen LogP contribution in [-0.2, 0) is 20.9 Å². The highest BCUT2D eigenvalue weighted by molar-refractivity contribution is 5.96. The van der Waals surface area contributed by atoms with Crippen molar-refractivity contribution in [3.8, 4) is 11.5 Å². The fourth-order valence-electron chi connectivity index (χ4n) is 5.27. The van der Waals surface area contributed by atoms with E-state index >= 15 is 0 Å². The number of amides is 2. The molecule has 2 amide bonds. The van der Waals surface area contributed by atoms with E-state index in [-0.39, 0.29) is 38.8 Å². The molecule has 4 unspecified atom stereocenters. The van der Waals surface area contributed by atoms with Gasteiger partial charge < -0.3 is 39.7 Å². The number of nitrogens with zero attached hydrogens (tertiary/aromatic N) is 1. The van der Waals surface area contributed by atoms with Gasteiger partial charge in [-0.3, -0.25) is 9.59 Å². The monoisotopic (exact) mass is 534 g/mol. The number of unbranched alkanes of at least 4 members (excludes halogenated alkanes) is 4. The van der Waals surface area contributed by atoms with Gasteiger partial charge in [-0.15, -0.1) is 0 Å². The molecule has 0 spiro atoms. The second-order valence-corrected chi connectivity index (χ2v) is 9.76. The SMILES string of the molecule is CCCCCCCC(=O)N(CCOC)C1C=C(C(=O)NCCO)C2c3cc(CO)cc(OC)c3OC2C1O. The van der Waals surface area contributed by atoms with Crippen molar-refractivity contribution in [3.63, 3.8) is 0 Å². The van der Waals surface area contributed by atoms with Crippen LogP contribution in [0.1, 0.15) is 62.5 Å². The van der Waals surface area contributed by atoms with Crippen LogP contribution in [0.4, 0.5) is 0 Å². The Morgan fingerprint density at radius 3 is 2.55 bits per heavy atom. The fourth-order valence-corrected chi connectivity index (χ4v) is 5.27. The van der Waals surface area contributed by atoms with Crippen LogP contribution in [0.3, 0.4) is 0 Å². The summed E-state index contributed by atoms with van der Waals surface area (Å²) in [7, 11) is 3.03. The van der Waals surface area contributed by atoms with E-state index in [9.17, 15) is 24.9 Å². The highest BCUT2D eigenvalue weighted by atomic mass is 16.5. The Morgan fingerprint density at radius 1 is 1.13 bits per heavy atom. The average molecular weight is 535 g/mol. The zero-order valence-electron chi connectivity index (χ0n) is 22.6. The molecule has 10 nitrogen and oxygen atoms in total. The lowest BCUT2D eigenvalue weighted by Crippen LogP contribution is -2.56. The van der Waals surface area contributed by atoms with Gasteiger partial charge >= 0.3 is 0 Å². The molecule has 4 N–H and O–H groups in total. The van der Waals surface area contributed by atoms with Crippen molar-refractivity contribution in [3.05, 3.63) is 34.9 Å². The molecule has 0 radical (unpaired) electrons. The highest BCUT2D eigenvalue weighted by Crippen LogP contribution is 2.51. The van der Waals surface area contributed by atoms with Crippen LogP contribution in [0.15, 0.2) is 23.8 Å². The van der Waals surface area contributed by atoms with E-state index in [0.29, 0.717) is 34.6 Å². The third-order valence-electron chi connectivity index (χ3n) is 7.21. The molecular weight excluding hydrogens is 492 g/mol. The summed E-state index contributed by atoms with van der Waals surface area (Å²) in [5.41, 5.74) is 1.52. The van der Waals surface area contributed by atoms with Crippen molar-refractivity contribution in [1.29, 1.82) is 0 Å². The second-order valence-electron chi connectivity index (χ2n) is 9.76. The third-order valence-corrected chi connectivity index (χ3v) is 7.21. The molecule has 0 saturated heterocycles.